The summed E-state index contributed by atoms with van der Waals surface area (Å²) in [5, 5.41) is -0.375. The topological polar surface area (TPSA) is 55.8 Å². The van der Waals surface area contributed by atoms with Crippen molar-refractivity contribution < 1.29 is 19.1 Å². The van der Waals surface area contributed by atoms with E-state index in [2.05, 4.69) is 11.8 Å². The predicted molar refractivity (Wildman–Crippen MR) is 88.8 cm³/mol. The summed E-state index contributed by atoms with van der Waals surface area (Å²) in [6.45, 7) is 0.0882. The van der Waals surface area contributed by atoms with E-state index in [1.54, 1.807) is 24.3 Å². The van der Waals surface area contributed by atoms with Crippen molar-refractivity contribution in [1.29, 1.82) is 0 Å². The van der Waals surface area contributed by atoms with Crippen LogP contribution in [0.5, 0.6) is 11.5 Å². The second-order valence-corrected chi connectivity index (χ2v) is 5.37. The lowest BCUT2D eigenvalue weighted by molar-refractivity contribution is -0.122. The van der Waals surface area contributed by atoms with E-state index in [1.807, 2.05) is 0 Å². The largest absolute Gasteiger partial charge is 0.493 e. The Hall–Kier alpha value is -2.83. The summed E-state index contributed by atoms with van der Waals surface area (Å²) in [4.78, 5) is 25.2. The minimum atomic E-state index is -0.399. The summed E-state index contributed by atoms with van der Waals surface area (Å²) < 4.78 is 10.6. The van der Waals surface area contributed by atoms with E-state index in [0.29, 0.717) is 22.0 Å². The Bertz CT molecular complexity index is 755. The molecule has 1 aromatic rings. The Morgan fingerprint density at radius 3 is 2.70 bits per heavy atom. The highest BCUT2D eigenvalue weighted by Crippen LogP contribution is 2.34. The van der Waals surface area contributed by atoms with Gasteiger partial charge in [-0.15, -0.1) is 12.8 Å². The van der Waals surface area contributed by atoms with Crippen LogP contribution in [0, 0.1) is 24.7 Å². The first-order valence-corrected chi connectivity index (χ1v) is 7.35. The average Bonchev–Trinajstić information content (AvgIpc) is 2.81. The molecule has 0 aromatic heterocycles. The summed E-state index contributed by atoms with van der Waals surface area (Å²) in [7, 11) is 1.50. The van der Waals surface area contributed by atoms with E-state index in [4.69, 9.17) is 22.3 Å². The second-order valence-electron chi connectivity index (χ2n) is 4.38. The molecule has 1 saturated heterocycles. The van der Waals surface area contributed by atoms with Crippen LogP contribution in [0.2, 0.25) is 0 Å². The third kappa shape index (κ3) is 3.68. The fraction of sp³-hybridized carbons (Fsp3) is 0.176. The standard InChI is InChI=1S/C17H13NO4S/c1-4-8-18-16(19)15(23-17(18)20)11-12-6-7-13(22-9-5-2)14(10-12)21-3/h1-2,6-7,10-11H,8-9H2,3H3/b15-11+. The molecule has 0 spiro atoms. The van der Waals surface area contributed by atoms with E-state index >= 15 is 0 Å². The first-order valence-electron chi connectivity index (χ1n) is 6.53. The highest BCUT2D eigenvalue weighted by atomic mass is 32.2. The number of hydrogen-bond donors (Lipinski definition) is 0. The summed E-state index contributed by atoms with van der Waals surface area (Å²) in [5.41, 5.74) is 0.695. The van der Waals surface area contributed by atoms with Gasteiger partial charge >= 0.3 is 0 Å². The third-order valence-corrected chi connectivity index (χ3v) is 3.83. The number of methoxy groups -OCH3 is 1. The van der Waals surface area contributed by atoms with E-state index in [-0.39, 0.29) is 18.4 Å². The Balaban J connectivity index is 2.26. The first-order chi connectivity index (χ1) is 11.1. The number of hydrogen-bond acceptors (Lipinski definition) is 5. The maximum atomic E-state index is 12.1. The molecule has 1 heterocycles. The van der Waals surface area contributed by atoms with Gasteiger partial charge in [-0.2, -0.15) is 0 Å². The molecule has 116 valence electrons. The molecular weight excluding hydrogens is 314 g/mol. The number of benzene rings is 1. The molecule has 0 N–H and O–H groups in total. The number of carbonyl (C=O) groups is 2. The molecule has 5 nitrogen and oxygen atoms in total. The average molecular weight is 327 g/mol. The van der Waals surface area contributed by atoms with Gasteiger partial charge in [-0.1, -0.05) is 17.9 Å². The van der Waals surface area contributed by atoms with Crippen LogP contribution in [0.3, 0.4) is 0 Å². The molecule has 0 radical (unpaired) electrons. The maximum Gasteiger partial charge on any atom is 0.294 e. The lowest BCUT2D eigenvalue weighted by atomic mass is 10.2. The van der Waals surface area contributed by atoms with Crippen molar-refractivity contribution in [2.75, 3.05) is 20.3 Å². The molecule has 1 aliphatic heterocycles. The first kappa shape index (κ1) is 16.5. The minimum absolute atomic E-state index is 0.0375. The number of ether oxygens (including phenoxy) is 2. The Morgan fingerprint density at radius 1 is 1.26 bits per heavy atom. The number of carbonyl (C=O) groups excluding carboxylic acids is 2. The highest BCUT2D eigenvalue weighted by molar-refractivity contribution is 8.18. The molecule has 1 fully saturated rings. The van der Waals surface area contributed by atoms with Gasteiger partial charge in [0.2, 0.25) is 0 Å². The van der Waals surface area contributed by atoms with Gasteiger partial charge in [0.05, 0.1) is 18.6 Å². The molecule has 0 unspecified atom stereocenters. The molecule has 1 aliphatic rings. The molecule has 2 rings (SSSR count). The van der Waals surface area contributed by atoms with Crippen LogP contribution in [0.25, 0.3) is 6.08 Å². The van der Waals surface area contributed by atoms with Crippen LogP contribution in [0.15, 0.2) is 23.1 Å². The van der Waals surface area contributed by atoms with E-state index in [0.717, 1.165) is 16.7 Å². The number of nitrogens with zero attached hydrogens (tertiary/aromatic N) is 1. The van der Waals surface area contributed by atoms with Gasteiger partial charge in [0, 0.05) is 0 Å². The van der Waals surface area contributed by atoms with Gasteiger partial charge in [0.15, 0.2) is 11.5 Å². The maximum absolute atomic E-state index is 12.1. The van der Waals surface area contributed by atoms with Gasteiger partial charge in [-0.05, 0) is 35.5 Å². The van der Waals surface area contributed by atoms with Gasteiger partial charge < -0.3 is 9.47 Å². The number of amides is 2. The third-order valence-electron chi connectivity index (χ3n) is 2.92. The molecule has 0 bridgehead atoms. The number of thioether (sulfide) groups is 1. The lowest BCUT2D eigenvalue weighted by Crippen LogP contribution is -2.28. The van der Waals surface area contributed by atoms with Crippen LogP contribution >= 0.6 is 11.8 Å². The van der Waals surface area contributed by atoms with Crippen molar-refractivity contribution in [3.05, 3.63) is 28.7 Å². The van der Waals surface area contributed by atoms with Gasteiger partial charge in [0.1, 0.15) is 6.61 Å². The molecule has 1 aromatic carbocycles. The zero-order valence-corrected chi connectivity index (χ0v) is 13.2. The molecular formula is C17H13NO4S. The predicted octanol–water partition coefficient (Wildman–Crippen LogP) is 2.38. The second kappa shape index (κ2) is 7.44. The Morgan fingerprint density at radius 2 is 2.04 bits per heavy atom. The van der Waals surface area contributed by atoms with Crippen molar-refractivity contribution in [3.63, 3.8) is 0 Å². The van der Waals surface area contributed by atoms with Gasteiger partial charge in [-0.25, -0.2) is 0 Å². The normalized spacial score (nSPS) is 15.4. The fourth-order valence-corrected chi connectivity index (χ4v) is 2.73. The van der Waals surface area contributed by atoms with Crippen molar-refractivity contribution in [1.82, 2.24) is 4.90 Å². The van der Waals surface area contributed by atoms with Crippen molar-refractivity contribution in [2.45, 2.75) is 0 Å². The molecule has 0 atom stereocenters. The van der Waals surface area contributed by atoms with E-state index < -0.39 is 5.91 Å². The van der Waals surface area contributed by atoms with Crippen molar-refractivity contribution >= 4 is 29.0 Å². The van der Waals surface area contributed by atoms with Crippen molar-refractivity contribution in [3.8, 4) is 36.2 Å². The highest BCUT2D eigenvalue weighted by Gasteiger charge is 2.34. The van der Waals surface area contributed by atoms with E-state index in [1.165, 1.54) is 7.11 Å². The molecule has 0 saturated carbocycles. The van der Waals surface area contributed by atoms with Crippen LogP contribution in [-0.2, 0) is 4.79 Å². The number of rotatable bonds is 5. The molecule has 6 heteroatoms. The summed E-state index contributed by atoms with van der Waals surface area (Å²) in [6.07, 6.45) is 11.9. The SMILES string of the molecule is C#CCOc1ccc(/C=C2/SC(=O)N(CC#C)C2=O)cc1OC. The minimum Gasteiger partial charge on any atom is -0.493 e. The van der Waals surface area contributed by atoms with Crippen molar-refractivity contribution in [2.24, 2.45) is 0 Å². The smallest absolute Gasteiger partial charge is 0.294 e. The number of terminal acetylenes is 2. The Labute approximate surface area is 138 Å². The van der Waals surface area contributed by atoms with Crippen LogP contribution < -0.4 is 9.47 Å². The Kier molecular flexibility index (Phi) is 5.35. The fourth-order valence-electron chi connectivity index (χ4n) is 1.89. The van der Waals surface area contributed by atoms with Crippen LogP contribution in [0.1, 0.15) is 5.56 Å². The van der Waals surface area contributed by atoms with Crippen LogP contribution in [-0.4, -0.2) is 36.3 Å². The number of imide groups is 1. The monoisotopic (exact) mass is 327 g/mol. The quantitative estimate of drug-likeness (QED) is 0.614. The molecule has 2 amide bonds. The summed E-state index contributed by atoms with van der Waals surface area (Å²) >= 11 is 0.853. The van der Waals surface area contributed by atoms with Crippen LogP contribution in [0.4, 0.5) is 4.79 Å². The summed E-state index contributed by atoms with van der Waals surface area (Å²) in [5.74, 6) is 5.25. The summed E-state index contributed by atoms with van der Waals surface area (Å²) in [6, 6.07) is 5.12. The zero-order chi connectivity index (χ0) is 16.8. The lowest BCUT2D eigenvalue weighted by Gasteiger charge is -2.09. The van der Waals surface area contributed by atoms with Gasteiger partial charge in [-0.3, -0.25) is 14.5 Å². The van der Waals surface area contributed by atoms with E-state index in [9.17, 15) is 9.59 Å². The zero-order valence-electron chi connectivity index (χ0n) is 12.4. The molecule has 23 heavy (non-hydrogen) atoms. The molecule has 0 aliphatic carbocycles. The van der Waals surface area contributed by atoms with Gasteiger partial charge in [0.25, 0.3) is 11.1 Å².